The summed E-state index contributed by atoms with van der Waals surface area (Å²) in [5.41, 5.74) is 5.20. The van der Waals surface area contributed by atoms with Crippen molar-refractivity contribution in [2.75, 3.05) is 12.3 Å². The van der Waals surface area contributed by atoms with Crippen molar-refractivity contribution in [3.05, 3.63) is 29.3 Å². The Balaban J connectivity index is 2.64. The van der Waals surface area contributed by atoms with E-state index in [9.17, 15) is 18.7 Å². The number of amides is 1. The van der Waals surface area contributed by atoms with Gasteiger partial charge in [-0.2, -0.15) is 0 Å². The van der Waals surface area contributed by atoms with Crippen LogP contribution in [-0.2, 0) is 0 Å². The predicted octanol–water partition coefficient (Wildman–Crippen LogP) is 1.44. The molecule has 0 radical (unpaired) electrons. The Bertz CT molecular complexity index is 438. The summed E-state index contributed by atoms with van der Waals surface area (Å²) >= 11 is 0. The smallest absolute Gasteiger partial charge is 0.253 e. The van der Waals surface area contributed by atoms with Crippen LogP contribution in [0.5, 0.6) is 0 Å². The van der Waals surface area contributed by atoms with Gasteiger partial charge in [0.15, 0.2) is 11.6 Å². The molecule has 0 aliphatic carbocycles. The van der Waals surface area contributed by atoms with Crippen LogP contribution in [0.25, 0.3) is 0 Å². The third-order valence-corrected chi connectivity index (χ3v) is 2.57. The molecule has 0 saturated heterocycles. The van der Waals surface area contributed by atoms with Crippen molar-refractivity contribution in [3.8, 4) is 0 Å². The number of nitrogens with one attached hydrogen (secondary N) is 1. The molecule has 0 bridgehead atoms. The molecule has 0 aliphatic rings. The van der Waals surface area contributed by atoms with Crippen molar-refractivity contribution >= 4 is 11.6 Å². The van der Waals surface area contributed by atoms with Crippen LogP contribution in [-0.4, -0.2) is 23.7 Å². The Kier molecular flexibility index (Phi) is 5.03. The van der Waals surface area contributed by atoms with E-state index < -0.39 is 23.6 Å². The van der Waals surface area contributed by atoms with Gasteiger partial charge < -0.3 is 16.2 Å². The largest absolute Gasteiger partial charge is 0.398 e. The minimum absolute atomic E-state index is 0.111. The maximum atomic E-state index is 13.0. The van der Waals surface area contributed by atoms with E-state index in [1.165, 1.54) is 0 Å². The number of rotatable bonds is 5. The van der Waals surface area contributed by atoms with Crippen LogP contribution in [0.2, 0.25) is 0 Å². The molecule has 4 nitrogen and oxygen atoms in total. The molecule has 6 heteroatoms. The molecule has 18 heavy (non-hydrogen) atoms. The van der Waals surface area contributed by atoms with Gasteiger partial charge in [0.1, 0.15) is 0 Å². The summed E-state index contributed by atoms with van der Waals surface area (Å²) in [6, 6.07) is 1.53. The Morgan fingerprint density at radius 2 is 2.06 bits per heavy atom. The number of aliphatic hydroxyl groups is 1. The zero-order chi connectivity index (χ0) is 13.7. The molecule has 1 unspecified atom stereocenters. The summed E-state index contributed by atoms with van der Waals surface area (Å²) in [5.74, 6) is -2.80. The second-order valence-corrected chi connectivity index (χ2v) is 3.96. The van der Waals surface area contributed by atoms with Gasteiger partial charge in [-0.15, -0.1) is 0 Å². The molecule has 0 heterocycles. The van der Waals surface area contributed by atoms with E-state index in [0.717, 1.165) is 12.1 Å². The van der Waals surface area contributed by atoms with E-state index in [1.54, 1.807) is 0 Å². The van der Waals surface area contributed by atoms with Crippen LogP contribution in [0.4, 0.5) is 14.5 Å². The number of aliphatic hydroxyl groups excluding tert-OH is 1. The van der Waals surface area contributed by atoms with Gasteiger partial charge >= 0.3 is 0 Å². The van der Waals surface area contributed by atoms with E-state index in [-0.39, 0.29) is 17.8 Å². The highest BCUT2D eigenvalue weighted by Crippen LogP contribution is 2.16. The minimum atomic E-state index is -1.12. The fourth-order valence-electron chi connectivity index (χ4n) is 1.41. The highest BCUT2D eigenvalue weighted by atomic mass is 19.2. The van der Waals surface area contributed by atoms with Crippen molar-refractivity contribution in [1.82, 2.24) is 5.32 Å². The van der Waals surface area contributed by atoms with E-state index in [2.05, 4.69) is 5.32 Å². The average molecular weight is 258 g/mol. The lowest BCUT2D eigenvalue weighted by molar-refractivity contribution is 0.0942. The Morgan fingerprint density at radius 1 is 1.44 bits per heavy atom. The topological polar surface area (TPSA) is 75.3 Å². The summed E-state index contributed by atoms with van der Waals surface area (Å²) in [5, 5.41) is 11.8. The van der Waals surface area contributed by atoms with Crippen LogP contribution in [0, 0.1) is 11.6 Å². The second-order valence-electron chi connectivity index (χ2n) is 3.96. The average Bonchev–Trinajstić information content (AvgIpc) is 2.33. The van der Waals surface area contributed by atoms with Gasteiger partial charge in [0, 0.05) is 18.3 Å². The summed E-state index contributed by atoms with van der Waals surface area (Å²) in [7, 11) is 0. The first-order valence-electron chi connectivity index (χ1n) is 5.66. The summed E-state index contributed by atoms with van der Waals surface area (Å²) in [4.78, 5) is 11.6. The fraction of sp³-hybridized carbons (Fsp3) is 0.417. The number of carbonyl (C=O) groups is 1. The normalized spacial score (nSPS) is 12.2. The van der Waals surface area contributed by atoms with E-state index in [1.807, 2.05) is 6.92 Å². The SMILES string of the molecule is CCC(O)CCNC(=O)c1cc(F)c(F)cc1N. The zero-order valence-electron chi connectivity index (χ0n) is 10.0. The Hall–Kier alpha value is -1.69. The summed E-state index contributed by atoms with van der Waals surface area (Å²) < 4.78 is 25.8. The van der Waals surface area contributed by atoms with Gasteiger partial charge in [0.05, 0.1) is 11.7 Å². The first-order chi connectivity index (χ1) is 8.45. The van der Waals surface area contributed by atoms with E-state index >= 15 is 0 Å². The van der Waals surface area contributed by atoms with Crippen molar-refractivity contribution in [2.45, 2.75) is 25.9 Å². The van der Waals surface area contributed by atoms with Crippen molar-refractivity contribution in [3.63, 3.8) is 0 Å². The number of nitrogens with two attached hydrogens (primary N) is 1. The lowest BCUT2D eigenvalue weighted by Gasteiger charge is -2.10. The van der Waals surface area contributed by atoms with Crippen LogP contribution in [0.1, 0.15) is 30.1 Å². The van der Waals surface area contributed by atoms with Gasteiger partial charge in [-0.05, 0) is 18.9 Å². The number of nitrogen functional groups attached to an aromatic ring is 1. The fourth-order valence-corrected chi connectivity index (χ4v) is 1.41. The van der Waals surface area contributed by atoms with Crippen LogP contribution in [0.15, 0.2) is 12.1 Å². The number of hydrogen-bond donors (Lipinski definition) is 3. The first-order valence-corrected chi connectivity index (χ1v) is 5.66. The quantitative estimate of drug-likeness (QED) is 0.699. The molecule has 1 amide bonds. The van der Waals surface area contributed by atoms with Gasteiger partial charge in [-0.25, -0.2) is 8.78 Å². The third-order valence-electron chi connectivity index (χ3n) is 2.57. The van der Waals surface area contributed by atoms with Crippen molar-refractivity contribution in [1.29, 1.82) is 0 Å². The molecule has 100 valence electrons. The van der Waals surface area contributed by atoms with Crippen molar-refractivity contribution in [2.24, 2.45) is 0 Å². The first kappa shape index (κ1) is 14.4. The molecule has 1 atom stereocenters. The molecular weight excluding hydrogens is 242 g/mol. The summed E-state index contributed by atoms with van der Waals surface area (Å²) in [6.07, 6.45) is 0.488. The Labute approximate surface area is 104 Å². The third kappa shape index (κ3) is 3.66. The van der Waals surface area contributed by atoms with Gasteiger partial charge in [-0.3, -0.25) is 4.79 Å². The molecule has 0 aromatic heterocycles. The van der Waals surface area contributed by atoms with Crippen LogP contribution < -0.4 is 11.1 Å². The highest BCUT2D eigenvalue weighted by Gasteiger charge is 2.14. The summed E-state index contributed by atoms with van der Waals surface area (Å²) in [6.45, 7) is 2.06. The Morgan fingerprint density at radius 3 is 2.67 bits per heavy atom. The lowest BCUT2D eigenvalue weighted by Crippen LogP contribution is -2.27. The molecule has 0 spiro atoms. The molecular formula is C12H16F2N2O2. The molecule has 1 rings (SSSR count). The number of halogens is 2. The predicted molar refractivity (Wildman–Crippen MR) is 64.0 cm³/mol. The zero-order valence-corrected chi connectivity index (χ0v) is 10.0. The number of anilines is 1. The van der Waals surface area contributed by atoms with Gasteiger partial charge in [-0.1, -0.05) is 6.92 Å². The maximum absolute atomic E-state index is 13.0. The molecule has 4 N–H and O–H groups in total. The molecule has 1 aromatic carbocycles. The molecule has 0 saturated carbocycles. The van der Waals surface area contributed by atoms with E-state index in [0.29, 0.717) is 12.8 Å². The van der Waals surface area contributed by atoms with E-state index in [4.69, 9.17) is 5.73 Å². The lowest BCUT2D eigenvalue weighted by atomic mass is 10.1. The molecule has 0 aliphatic heterocycles. The van der Waals surface area contributed by atoms with Crippen molar-refractivity contribution < 1.29 is 18.7 Å². The second kappa shape index (κ2) is 6.30. The minimum Gasteiger partial charge on any atom is -0.398 e. The number of benzene rings is 1. The standard InChI is InChI=1S/C12H16F2N2O2/c1-2-7(17)3-4-16-12(18)8-5-9(13)10(14)6-11(8)15/h5-7,17H,2-4,15H2,1H3,(H,16,18). The maximum Gasteiger partial charge on any atom is 0.253 e. The van der Waals surface area contributed by atoms with Crippen LogP contribution in [0.3, 0.4) is 0 Å². The molecule has 0 fully saturated rings. The monoisotopic (exact) mass is 258 g/mol. The number of carbonyl (C=O) groups excluding carboxylic acids is 1. The number of hydrogen-bond acceptors (Lipinski definition) is 3. The van der Waals surface area contributed by atoms with Gasteiger partial charge in [0.25, 0.3) is 5.91 Å². The highest BCUT2D eigenvalue weighted by molar-refractivity contribution is 5.99. The molecule has 1 aromatic rings. The van der Waals surface area contributed by atoms with Gasteiger partial charge in [0.2, 0.25) is 0 Å². The van der Waals surface area contributed by atoms with Crippen LogP contribution >= 0.6 is 0 Å².